The van der Waals surface area contributed by atoms with E-state index in [0.717, 1.165) is 11.3 Å². The van der Waals surface area contributed by atoms with Crippen molar-refractivity contribution in [1.29, 1.82) is 5.26 Å². The van der Waals surface area contributed by atoms with Crippen LogP contribution in [0, 0.1) is 18.3 Å². The van der Waals surface area contributed by atoms with Crippen molar-refractivity contribution in [3.8, 4) is 6.07 Å². The summed E-state index contributed by atoms with van der Waals surface area (Å²) in [5.74, 6) is 0. The van der Waals surface area contributed by atoms with Gasteiger partial charge in [0.15, 0.2) is 0 Å². The number of nitriles is 1. The molecular weight excluding hydrogens is 270 g/mol. The summed E-state index contributed by atoms with van der Waals surface area (Å²) in [5.41, 5.74) is 3.35. The van der Waals surface area contributed by atoms with E-state index in [9.17, 15) is 5.26 Å². The molecule has 104 valence electrons. The van der Waals surface area contributed by atoms with Crippen LogP contribution in [-0.2, 0) is 12.0 Å². The summed E-state index contributed by atoms with van der Waals surface area (Å²) in [6.45, 7) is 8.72. The number of hydrogen-bond donors (Lipinski definition) is 0. The van der Waals surface area contributed by atoms with Crippen molar-refractivity contribution in [2.24, 2.45) is 0 Å². The van der Waals surface area contributed by atoms with Crippen molar-refractivity contribution in [3.63, 3.8) is 0 Å². The lowest BCUT2D eigenvalue weighted by molar-refractivity contribution is 0.544. The normalized spacial score (nSPS) is 11.4. The predicted molar refractivity (Wildman–Crippen MR) is 80.9 cm³/mol. The Balaban J connectivity index is 2.44. The minimum Gasteiger partial charge on any atom is -0.248 e. The molecular formula is C16H18ClN3. The van der Waals surface area contributed by atoms with Gasteiger partial charge in [-0.25, -0.2) is 4.68 Å². The lowest BCUT2D eigenvalue weighted by atomic mass is 9.90. The van der Waals surface area contributed by atoms with Crippen molar-refractivity contribution in [1.82, 2.24) is 9.78 Å². The summed E-state index contributed by atoms with van der Waals surface area (Å²) < 4.78 is 1.70. The number of halogens is 1. The van der Waals surface area contributed by atoms with Gasteiger partial charge in [0.1, 0.15) is 16.8 Å². The van der Waals surface area contributed by atoms with Gasteiger partial charge in [0.2, 0.25) is 0 Å². The fourth-order valence-corrected chi connectivity index (χ4v) is 2.38. The molecule has 0 N–H and O–H groups in total. The Morgan fingerprint density at radius 1 is 1.35 bits per heavy atom. The third kappa shape index (κ3) is 2.86. The number of rotatable bonds is 2. The Bertz CT molecular complexity index is 672. The Kier molecular flexibility index (Phi) is 3.87. The Morgan fingerprint density at radius 2 is 2.05 bits per heavy atom. The second kappa shape index (κ2) is 5.30. The molecule has 2 rings (SSSR count). The zero-order valence-corrected chi connectivity index (χ0v) is 13.0. The molecule has 0 saturated carbocycles. The van der Waals surface area contributed by atoms with Gasteiger partial charge in [-0.05, 0) is 12.5 Å². The molecule has 0 saturated heterocycles. The molecule has 0 spiro atoms. The fourth-order valence-electron chi connectivity index (χ4n) is 2.15. The van der Waals surface area contributed by atoms with Gasteiger partial charge >= 0.3 is 0 Å². The molecule has 0 aliphatic heterocycles. The van der Waals surface area contributed by atoms with Crippen LogP contribution in [0.5, 0.6) is 0 Å². The Labute approximate surface area is 124 Å². The van der Waals surface area contributed by atoms with E-state index in [2.05, 4.69) is 30.2 Å². The fraction of sp³-hybridized carbons (Fsp3) is 0.375. The molecule has 0 amide bonds. The van der Waals surface area contributed by atoms with E-state index in [1.807, 2.05) is 32.9 Å². The van der Waals surface area contributed by atoms with Crippen LogP contribution >= 0.6 is 11.6 Å². The standard InChI is InChI=1S/C16H18ClN3/c1-11-6-5-7-12(8-11)10-20-15(17)13(9-18)14(19-20)16(2,3)4/h5-8H,10H2,1-4H3. The molecule has 0 bridgehead atoms. The summed E-state index contributed by atoms with van der Waals surface area (Å²) in [6, 6.07) is 10.4. The maximum Gasteiger partial charge on any atom is 0.145 e. The summed E-state index contributed by atoms with van der Waals surface area (Å²) >= 11 is 6.30. The minimum atomic E-state index is -0.202. The average molecular weight is 288 g/mol. The van der Waals surface area contributed by atoms with Crippen molar-refractivity contribution in [2.45, 2.75) is 39.7 Å². The number of aryl methyl sites for hydroxylation is 1. The zero-order valence-electron chi connectivity index (χ0n) is 12.2. The maximum absolute atomic E-state index is 9.30. The first-order chi connectivity index (χ1) is 9.32. The number of hydrogen-bond acceptors (Lipinski definition) is 2. The predicted octanol–water partition coefficient (Wildman–Crippen LogP) is 4.06. The van der Waals surface area contributed by atoms with E-state index in [4.69, 9.17) is 11.6 Å². The monoisotopic (exact) mass is 287 g/mol. The highest BCUT2D eigenvalue weighted by atomic mass is 35.5. The molecule has 0 atom stereocenters. The van der Waals surface area contributed by atoms with Crippen molar-refractivity contribution in [3.05, 3.63) is 51.8 Å². The van der Waals surface area contributed by atoms with Gasteiger partial charge in [-0.1, -0.05) is 62.2 Å². The van der Waals surface area contributed by atoms with Crippen LogP contribution in [0.3, 0.4) is 0 Å². The van der Waals surface area contributed by atoms with Crippen LogP contribution < -0.4 is 0 Å². The molecule has 2 aromatic rings. The van der Waals surface area contributed by atoms with E-state index in [-0.39, 0.29) is 5.41 Å². The second-order valence-electron chi connectivity index (χ2n) is 6.02. The van der Waals surface area contributed by atoms with Crippen LogP contribution in [0.4, 0.5) is 0 Å². The molecule has 4 heteroatoms. The number of nitrogens with zero attached hydrogens (tertiary/aromatic N) is 3. The van der Waals surface area contributed by atoms with E-state index in [0.29, 0.717) is 17.3 Å². The quantitative estimate of drug-likeness (QED) is 0.836. The summed E-state index contributed by atoms with van der Waals surface area (Å²) in [6.07, 6.45) is 0. The van der Waals surface area contributed by atoms with Gasteiger partial charge in [-0.3, -0.25) is 0 Å². The van der Waals surface area contributed by atoms with Crippen molar-refractivity contribution < 1.29 is 0 Å². The number of benzene rings is 1. The van der Waals surface area contributed by atoms with Gasteiger partial charge in [-0.2, -0.15) is 10.4 Å². The Hall–Kier alpha value is -1.79. The number of aromatic nitrogens is 2. The van der Waals surface area contributed by atoms with Crippen LogP contribution in [0.15, 0.2) is 24.3 Å². The van der Waals surface area contributed by atoms with Crippen LogP contribution in [0.25, 0.3) is 0 Å². The molecule has 3 nitrogen and oxygen atoms in total. The first-order valence-electron chi connectivity index (χ1n) is 6.55. The smallest absolute Gasteiger partial charge is 0.145 e. The lowest BCUT2D eigenvalue weighted by Gasteiger charge is -2.15. The van der Waals surface area contributed by atoms with Gasteiger partial charge in [-0.15, -0.1) is 0 Å². The molecule has 0 aliphatic carbocycles. The molecule has 1 heterocycles. The Morgan fingerprint density at radius 3 is 2.55 bits per heavy atom. The van der Waals surface area contributed by atoms with E-state index >= 15 is 0 Å². The van der Waals surface area contributed by atoms with E-state index in [1.54, 1.807) is 4.68 Å². The zero-order chi connectivity index (χ0) is 14.9. The molecule has 0 radical (unpaired) electrons. The van der Waals surface area contributed by atoms with Crippen LogP contribution in [0.2, 0.25) is 5.15 Å². The summed E-state index contributed by atoms with van der Waals surface area (Å²) in [5, 5.41) is 14.3. The van der Waals surface area contributed by atoms with Crippen molar-refractivity contribution >= 4 is 11.6 Å². The lowest BCUT2D eigenvalue weighted by Crippen LogP contribution is -2.14. The van der Waals surface area contributed by atoms with E-state index in [1.165, 1.54) is 5.56 Å². The summed E-state index contributed by atoms with van der Waals surface area (Å²) in [7, 11) is 0. The first kappa shape index (κ1) is 14.6. The largest absolute Gasteiger partial charge is 0.248 e. The topological polar surface area (TPSA) is 41.6 Å². The summed E-state index contributed by atoms with van der Waals surface area (Å²) in [4.78, 5) is 0. The highest BCUT2D eigenvalue weighted by Crippen LogP contribution is 2.29. The minimum absolute atomic E-state index is 0.202. The van der Waals surface area contributed by atoms with Crippen LogP contribution in [-0.4, -0.2) is 9.78 Å². The third-order valence-corrected chi connectivity index (χ3v) is 3.51. The first-order valence-corrected chi connectivity index (χ1v) is 6.93. The second-order valence-corrected chi connectivity index (χ2v) is 6.38. The molecule has 1 aromatic carbocycles. The van der Waals surface area contributed by atoms with Crippen molar-refractivity contribution in [2.75, 3.05) is 0 Å². The van der Waals surface area contributed by atoms with Gasteiger partial charge < -0.3 is 0 Å². The van der Waals surface area contributed by atoms with Gasteiger partial charge in [0, 0.05) is 5.41 Å². The molecule has 0 fully saturated rings. The molecule has 0 unspecified atom stereocenters. The molecule has 20 heavy (non-hydrogen) atoms. The highest BCUT2D eigenvalue weighted by Gasteiger charge is 2.26. The maximum atomic E-state index is 9.30. The van der Waals surface area contributed by atoms with Gasteiger partial charge in [0.25, 0.3) is 0 Å². The molecule has 0 aliphatic rings. The third-order valence-electron chi connectivity index (χ3n) is 3.13. The van der Waals surface area contributed by atoms with Gasteiger partial charge in [0.05, 0.1) is 12.2 Å². The SMILES string of the molecule is Cc1cccc(Cn2nc(C(C)(C)C)c(C#N)c2Cl)c1. The van der Waals surface area contributed by atoms with Crippen LogP contribution in [0.1, 0.15) is 43.2 Å². The van der Waals surface area contributed by atoms with E-state index < -0.39 is 0 Å². The highest BCUT2D eigenvalue weighted by molar-refractivity contribution is 6.30. The average Bonchev–Trinajstić information content (AvgIpc) is 2.66. The molecule has 1 aromatic heterocycles.